The summed E-state index contributed by atoms with van der Waals surface area (Å²) in [6, 6.07) is 0. The smallest absolute Gasteiger partial charge is 0.462 e. The molecule has 17 nitrogen and oxygen atoms in total. The summed E-state index contributed by atoms with van der Waals surface area (Å²) < 4.78 is 68.4. The zero-order valence-electron chi connectivity index (χ0n) is 60.9. The minimum absolute atomic E-state index is 0.104. The molecule has 0 aromatic heterocycles. The molecule has 0 aliphatic rings. The van der Waals surface area contributed by atoms with Gasteiger partial charge >= 0.3 is 39.5 Å². The number of unbranched alkanes of at least 4 members (excludes halogenated alkanes) is 35. The number of hydrogen-bond acceptors (Lipinski definition) is 15. The third kappa shape index (κ3) is 65.8. The molecule has 552 valence electrons. The van der Waals surface area contributed by atoms with Gasteiger partial charge < -0.3 is 33.8 Å². The molecule has 4 unspecified atom stereocenters. The molecule has 0 saturated heterocycles. The monoisotopic (exact) mass is 1370 g/mol. The van der Waals surface area contributed by atoms with Crippen LogP contribution < -0.4 is 0 Å². The standard InChI is InChI=1S/C74H144O17P2/c1-9-66(7)52-44-36-28-22-15-13-11-12-14-16-24-30-40-48-56-73(78)90-69(60-84-71(76)54-46-38-29-23-18-17-20-26-34-42-50-64(3)4)62-88-92(80,81)86-58-68(75)59-87-93(82,83)89-63-70(61-85-72(77)55-47-39-33-32-37-45-53-67(8)10-2)91-74(79)57-49-41-31-25-19-21-27-35-43-51-65(5)6/h64-70,75H,9-63H2,1-8H3,(H,80,81)(H,82,83)/t66?,67?,68-,69-,70-/m1/s1. The Bertz CT molecular complexity index is 1840. The quantitative estimate of drug-likeness (QED) is 0.0222. The minimum Gasteiger partial charge on any atom is -0.462 e. The van der Waals surface area contributed by atoms with Gasteiger partial charge in [-0.2, -0.15) is 0 Å². The summed E-state index contributed by atoms with van der Waals surface area (Å²) in [5.41, 5.74) is 0. The van der Waals surface area contributed by atoms with Gasteiger partial charge in [0.25, 0.3) is 0 Å². The van der Waals surface area contributed by atoms with E-state index in [0.717, 1.165) is 120 Å². The lowest BCUT2D eigenvalue weighted by molar-refractivity contribution is -0.161. The number of ether oxygens (including phenoxy) is 4. The van der Waals surface area contributed by atoms with Crippen LogP contribution in [-0.2, 0) is 65.4 Å². The van der Waals surface area contributed by atoms with Gasteiger partial charge in [0.1, 0.15) is 19.3 Å². The highest BCUT2D eigenvalue weighted by molar-refractivity contribution is 7.47. The van der Waals surface area contributed by atoms with E-state index < -0.39 is 97.5 Å². The van der Waals surface area contributed by atoms with E-state index in [1.807, 2.05) is 0 Å². The van der Waals surface area contributed by atoms with Gasteiger partial charge in [0.2, 0.25) is 0 Å². The van der Waals surface area contributed by atoms with Gasteiger partial charge in [-0.3, -0.25) is 37.3 Å². The normalized spacial score (nSPS) is 14.8. The Balaban J connectivity index is 5.25. The van der Waals surface area contributed by atoms with Crippen LogP contribution in [0.4, 0.5) is 0 Å². The van der Waals surface area contributed by atoms with Gasteiger partial charge in [-0.15, -0.1) is 0 Å². The molecule has 0 aliphatic carbocycles. The Morgan fingerprint density at radius 1 is 0.301 bits per heavy atom. The summed E-state index contributed by atoms with van der Waals surface area (Å²) in [6.07, 6.45) is 47.2. The van der Waals surface area contributed by atoms with Crippen molar-refractivity contribution in [2.75, 3.05) is 39.6 Å². The molecule has 3 N–H and O–H groups in total. The maximum atomic E-state index is 13.1. The van der Waals surface area contributed by atoms with Crippen molar-refractivity contribution in [1.82, 2.24) is 0 Å². The van der Waals surface area contributed by atoms with Crippen LogP contribution in [0.5, 0.6) is 0 Å². The zero-order chi connectivity index (χ0) is 68.9. The highest BCUT2D eigenvalue weighted by atomic mass is 31.2. The molecule has 0 spiro atoms. The fourth-order valence-corrected chi connectivity index (χ4v) is 12.7. The van der Waals surface area contributed by atoms with Gasteiger partial charge in [-0.1, -0.05) is 319 Å². The van der Waals surface area contributed by atoms with Crippen LogP contribution >= 0.6 is 15.6 Å². The van der Waals surface area contributed by atoms with Gasteiger partial charge in [-0.25, -0.2) is 9.13 Å². The second-order valence-corrected chi connectivity index (χ2v) is 31.0. The maximum absolute atomic E-state index is 13.1. The minimum atomic E-state index is -4.96. The van der Waals surface area contributed by atoms with E-state index in [4.69, 9.17) is 37.0 Å². The van der Waals surface area contributed by atoms with E-state index in [-0.39, 0.29) is 25.7 Å². The fourth-order valence-electron chi connectivity index (χ4n) is 11.1. The van der Waals surface area contributed by atoms with Crippen molar-refractivity contribution in [3.05, 3.63) is 0 Å². The molecule has 0 fully saturated rings. The molecule has 0 saturated carbocycles. The average molecular weight is 1370 g/mol. The van der Waals surface area contributed by atoms with E-state index in [1.165, 1.54) is 167 Å². The third-order valence-electron chi connectivity index (χ3n) is 17.8. The highest BCUT2D eigenvalue weighted by Crippen LogP contribution is 2.45. The van der Waals surface area contributed by atoms with Crippen molar-refractivity contribution in [1.29, 1.82) is 0 Å². The molecule has 0 heterocycles. The molecule has 0 aliphatic heterocycles. The second kappa shape index (κ2) is 63.5. The first-order chi connectivity index (χ1) is 44.7. The van der Waals surface area contributed by atoms with Crippen LogP contribution in [0.15, 0.2) is 0 Å². The fraction of sp³-hybridized carbons (Fsp3) is 0.946. The topological polar surface area (TPSA) is 237 Å². The molecule has 0 radical (unpaired) electrons. The maximum Gasteiger partial charge on any atom is 0.472 e. The van der Waals surface area contributed by atoms with Gasteiger partial charge in [0.05, 0.1) is 26.4 Å². The molecule has 0 aromatic rings. The number of aliphatic hydroxyl groups is 1. The number of carbonyl (C=O) groups is 4. The summed E-state index contributed by atoms with van der Waals surface area (Å²) in [5.74, 6) is 0.947. The van der Waals surface area contributed by atoms with Gasteiger partial charge in [-0.05, 0) is 49.4 Å². The van der Waals surface area contributed by atoms with Crippen LogP contribution in [-0.4, -0.2) is 96.7 Å². The summed E-state index contributed by atoms with van der Waals surface area (Å²) in [7, 11) is -9.91. The van der Waals surface area contributed by atoms with Crippen molar-refractivity contribution >= 4 is 39.5 Å². The Labute approximate surface area is 568 Å². The van der Waals surface area contributed by atoms with E-state index in [1.54, 1.807) is 0 Å². The summed E-state index contributed by atoms with van der Waals surface area (Å²) in [4.78, 5) is 72.7. The first-order valence-electron chi connectivity index (χ1n) is 38.3. The van der Waals surface area contributed by atoms with Crippen molar-refractivity contribution in [3.8, 4) is 0 Å². The van der Waals surface area contributed by atoms with Crippen molar-refractivity contribution < 1.29 is 80.2 Å². The van der Waals surface area contributed by atoms with Gasteiger partial charge in [0, 0.05) is 25.7 Å². The lowest BCUT2D eigenvalue weighted by atomic mass is 9.99. The largest absolute Gasteiger partial charge is 0.472 e. The third-order valence-corrected chi connectivity index (χ3v) is 19.7. The molecule has 0 aromatic carbocycles. The van der Waals surface area contributed by atoms with Crippen molar-refractivity contribution in [3.63, 3.8) is 0 Å². The van der Waals surface area contributed by atoms with Gasteiger partial charge in [0.15, 0.2) is 12.2 Å². The molecule has 93 heavy (non-hydrogen) atoms. The molecule has 7 atom stereocenters. The Morgan fingerprint density at radius 3 is 0.763 bits per heavy atom. The number of phosphoric ester groups is 2. The Hall–Kier alpha value is -1.94. The number of phosphoric acid groups is 2. The van der Waals surface area contributed by atoms with Crippen LogP contribution in [0.25, 0.3) is 0 Å². The van der Waals surface area contributed by atoms with Crippen molar-refractivity contribution in [2.24, 2.45) is 23.7 Å². The molecule has 19 heteroatoms. The lowest BCUT2D eigenvalue weighted by Crippen LogP contribution is -2.30. The molecule has 0 bridgehead atoms. The van der Waals surface area contributed by atoms with Crippen LogP contribution in [0.3, 0.4) is 0 Å². The lowest BCUT2D eigenvalue weighted by Gasteiger charge is -2.21. The predicted molar refractivity (Wildman–Crippen MR) is 377 cm³/mol. The first-order valence-corrected chi connectivity index (χ1v) is 41.3. The van der Waals surface area contributed by atoms with Crippen molar-refractivity contribution in [2.45, 2.75) is 388 Å². The van der Waals surface area contributed by atoms with E-state index in [9.17, 15) is 43.2 Å². The average Bonchev–Trinajstić information content (AvgIpc) is 2.00. The Kier molecular flexibility index (Phi) is 62.2. The molecule has 0 amide bonds. The molecule has 0 rings (SSSR count). The van der Waals surface area contributed by atoms with E-state index >= 15 is 0 Å². The number of rotatable bonds is 71. The zero-order valence-corrected chi connectivity index (χ0v) is 62.7. The summed E-state index contributed by atoms with van der Waals surface area (Å²) >= 11 is 0. The number of hydrogen-bond donors (Lipinski definition) is 3. The number of aliphatic hydroxyl groups excluding tert-OH is 1. The van der Waals surface area contributed by atoms with Crippen LogP contribution in [0, 0.1) is 23.7 Å². The SMILES string of the molecule is CCC(C)CCCCCCCCCCCCCCCCC(=O)O[C@H](COC(=O)CCCCCCCCCCCCC(C)C)COP(=O)(O)OC[C@@H](O)COP(=O)(O)OC[C@@H](COC(=O)CCCCCCCCC(C)CC)OC(=O)CCCCCCCCCCCC(C)C. The summed E-state index contributed by atoms with van der Waals surface area (Å²) in [5, 5.41) is 10.6. The number of carbonyl (C=O) groups excluding carboxylic acids is 4. The van der Waals surface area contributed by atoms with E-state index in [0.29, 0.717) is 25.7 Å². The predicted octanol–water partition coefficient (Wildman–Crippen LogP) is 21.3. The number of esters is 4. The molecular weight excluding hydrogens is 1220 g/mol. The first kappa shape index (κ1) is 91.1. The summed E-state index contributed by atoms with van der Waals surface area (Å²) in [6.45, 7) is 14.2. The van der Waals surface area contributed by atoms with Crippen LogP contribution in [0.1, 0.15) is 370 Å². The van der Waals surface area contributed by atoms with Crippen LogP contribution in [0.2, 0.25) is 0 Å². The van der Waals surface area contributed by atoms with E-state index in [2.05, 4.69) is 55.4 Å². The second-order valence-electron chi connectivity index (χ2n) is 28.1. The molecular formula is C74H144O17P2. The Morgan fingerprint density at radius 2 is 0.516 bits per heavy atom. The highest BCUT2D eigenvalue weighted by Gasteiger charge is 2.30.